The van der Waals surface area contributed by atoms with Crippen molar-refractivity contribution in [3.8, 4) is 0 Å². The molecule has 0 spiro atoms. The molecule has 1 aliphatic heterocycles. The Balaban J connectivity index is 2.02. The molecular weight excluding hydrogens is 220 g/mol. The van der Waals surface area contributed by atoms with Crippen LogP contribution in [-0.2, 0) is 11.3 Å². The number of hydrogen-bond acceptors (Lipinski definition) is 4. The van der Waals surface area contributed by atoms with Crippen molar-refractivity contribution in [2.45, 2.75) is 13.0 Å². The van der Waals surface area contributed by atoms with Gasteiger partial charge in [0.1, 0.15) is 0 Å². The van der Waals surface area contributed by atoms with Crippen molar-refractivity contribution in [3.63, 3.8) is 0 Å². The van der Waals surface area contributed by atoms with Gasteiger partial charge in [-0.1, -0.05) is 23.9 Å². The summed E-state index contributed by atoms with van der Waals surface area (Å²) in [6, 6.07) is 8.24. The molecule has 0 fully saturated rings. The molecule has 16 heavy (non-hydrogen) atoms. The van der Waals surface area contributed by atoms with E-state index in [9.17, 15) is 0 Å². The van der Waals surface area contributed by atoms with Gasteiger partial charge in [0.15, 0.2) is 5.17 Å². The Hall–Kier alpha value is -1.00. The minimum absolute atomic E-state index is 0.648. The fourth-order valence-corrected chi connectivity index (χ4v) is 2.40. The van der Waals surface area contributed by atoms with E-state index in [2.05, 4.69) is 28.5 Å². The van der Waals surface area contributed by atoms with Crippen LogP contribution in [0.2, 0.25) is 0 Å². The van der Waals surface area contributed by atoms with Gasteiger partial charge in [-0.2, -0.15) is 0 Å². The molecular formula is C12H16N2OS. The van der Waals surface area contributed by atoms with Crippen LogP contribution >= 0.6 is 11.8 Å². The Morgan fingerprint density at radius 1 is 1.50 bits per heavy atom. The molecule has 0 aliphatic carbocycles. The summed E-state index contributed by atoms with van der Waals surface area (Å²) in [6.45, 7) is 1.59. The summed E-state index contributed by atoms with van der Waals surface area (Å²) >= 11 is 1.78. The smallest absolute Gasteiger partial charge is 0.161 e. The predicted molar refractivity (Wildman–Crippen MR) is 70.2 cm³/mol. The third-order valence-electron chi connectivity index (χ3n) is 2.29. The molecule has 1 heterocycles. The number of methoxy groups -OCH3 is 1. The highest BCUT2D eigenvalue weighted by atomic mass is 32.2. The lowest BCUT2D eigenvalue weighted by molar-refractivity contribution is 0.185. The van der Waals surface area contributed by atoms with Gasteiger partial charge in [0.2, 0.25) is 0 Å². The van der Waals surface area contributed by atoms with Crippen LogP contribution in [0.15, 0.2) is 29.3 Å². The topological polar surface area (TPSA) is 33.6 Å². The van der Waals surface area contributed by atoms with E-state index < -0.39 is 0 Å². The summed E-state index contributed by atoms with van der Waals surface area (Å²) in [5.41, 5.74) is 2.26. The fourth-order valence-electron chi connectivity index (χ4n) is 1.56. The van der Waals surface area contributed by atoms with E-state index in [0.29, 0.717) is 6.61 Å². The summed E-state index contributed by atoms with van der Waals surface area (Å²) in [4.78, 5) is 4.44. The Morgan fingerprint density at radius 2 is 2.44 bits per heavy atom. The quantitative estimate of drug-likeness (QED) is 0.876. The van der Waals surface area contributed by atoms with Gasteiger partial charge >= 0.3 is 0 Å². The molecule has 0 atom stereocenters. The number of anilines is 1. The number of benzene rings is 1. The maximum absolute atomic E-state index is 5.11. The second kappa shape index (κ2) is 5.92. The van der Waals surface area contributed by atoms with E-state index in [-0.39, 0.29) is 0 Å². The number of nitrogens with one attached hydrogen (secondary N) is 1. The second-order valence-corrected chi connectivity index (χ2v) is 4.73. The molecule has 0 saturated carbocycles. The Bertz CT molecular complexity index is 379. The first kappa shape index (κ1) is 11.5. The minimum Gasteiger partial charge on any atom is -0.380 e. The Morgan fingerprint density at radius 3 is 3.19 bits per heavy atom. The summed E-state index contributed by atoms with van der Waals surface area (Å²) in [5.74, 6) is 1.16. The van der Waals surface area contributed by atoms with E-state index in [1.807, 2.05) is 6.07 Å². The number of ether oxygens (including phenoxy) is 1. The van der Waals surface area contributed by atoms with Crippen LogP contribution in [-0.4, -0.2) is 24.6 Å². The van der Waals surface area contributed by atoms with Gasteiger partial charge in [-0.3, -0.25) is 4.99 Å². The Kier molecular flexibility index (Phi) is 4.25. The zero-order valence-corrected chi connectivity index (χ0v) is 10.2. The first-order valence-corrected chi connectivity index (χ1v) is 6.39. The number of rotatable bonds is 3. The highest BCUT2D eigenvalue weighted by molar-refractivity contribution is 8.14. The standard InChI is InChI=1S/C12H16N2OS/c1-15-9-10-4-2-5-11(8-10)14-12-13-6-3-7-16-12/h2,4-5,8H,3,6-7,9H2,1H3,(H,13,14). The molecule has 0 radical (unpaired) electrons. The predicted octanol–water partition coefficient (Wildman–Crippen LogP) is 2.74. The molecule has 0 amide bonds. The van der Waals surface area contributed by atoms with E-state index >= 15 is 0 Å². The maximum Gasteiger partial charge on any atom is 0.161 e. The lowest BCUT2D eigenvalue weighted by Crippen LogP contribution is -2.13. The van der Waals surface area contributed by atoms with Crippen LogP contribution in [0.4, 0.5) is 5.69 Å². The van der Waals surface area contributed by atoms with Gasteiger partial charge in [-0.25, -0.2) is 0 Å². The van der Waals surface area contributed by atoms with Crippen molar-refractivity contribution in [3.05, 3.63) is 29.8 Å². The third-order valence-corrected chi connectivity index (χ3v) is 3.28. The van der Waals surface area contributed by atoms with E-state index in [0.717, 1.165) is 23.2 Å². The third kappa shape index (κ3) is 3.25. The van der Waals surface area contributed by atoms with E-state index in [4.69, 9.17) is 4.74 Å². The minimum atomic E-state index is 0.648. The van der Waals surface area contributed by atoms with Gasteiger partial charge in [-0.15, -0.1) is 0 Å². The van der Waals surface area contributed by atoms with Gasteiger partial charge < -0.3 is 10.1 Å². The maximum atomic E-state index is 5.11. The molecule has 0 saturated heterocycles. The average Bonchev–Trinajstić information content (AvgIpc) is 2.31. The van der Waals surface area contributed by atoms with Gasteiger partial charge in [0, 0.05) is 25.1 Å². The summed E-state index contributed by atoms with van der Waals surface area (Å²) in [7, 11) is 1.71. The summed E-state index contributed by atoms with van der Waals surface area (Å²) in [6.07, 6.45) is 1.18. The second-order valence-electron chi connectivity index (χ2n) is 3.65. The number of nitrogens with zero attached hydrogens (tertiary/aromatic N) is 1. The van der Waals surface area contributed by atoms with Crippen molar-refractivity contribution in [1.29, 1.82) is 0 Å². The highest BCUT2D eigenvalue weighted by Crippen LogP contribution is 2.17. The molecule has 1 aromatic carbocycles. The fraction of sp³-hybridized carbons (Fsp3) is 0.417. The van der Waals surface area contributed by atoms with Crippen LogP contribution in [0, 0.1) is 0 Å². The van der Waals surface area contributed by atoms with Crippen LogP contribution in [0.3, 0.4) is 0 Å². The van der Waals surface area contributed by atoms with Crippen molar-refractivity contribution >= 4 is 22.6 Å². The van der Waals surface area contributed by atoms with E-state index in [1.54, 1.807) is 18.9 Å². The first-order chi connectivity index (χ1) is 7.88. The lowest BCUT2D eigenvalue weighted by Gasteiger charge is -2.13. The van der Waals surface area contributed by atoms with Crippen molar-refractivity contribution in [2.24, 2.45) is 4.99 Å². The van der Waals surface area contributed by atoms with Crippen molar-refractivity contribution < 1.29 is 4.74 Å². The van der Waals surface area contributed by atoms with E-state index in [1.165, 1.54) is 12.0 Å². The first-order valence-electron chi connectivity index (χ1n) is 5.40. The van der Waals surface area contributed by atoms with Crippen LogP contribution < -0.4 is 5.32 Å². The number of amidine groups is 1. The molecule has 3 nitrogen and oxygen atoms in total. The van der Waals surface area contributed by atoms with Crippen molar-refractivity contribution in [2.75, 3.05) is 24.7 Å². The molecule has 0 aromatic heterocycles. The van der Waals surface area contributed by atoms with Gasteiger partial charge in [0.05, 0.1) is 6.61 Å². The molecule has 1 N–H and O–H groups in total. The summed E-state index contributed by atoms with van der Waals surface area (Å²) in [5, 5.41) is 4.37. The average molecular weight is 236 g/mol. The zero-order chi connectivity index (χ0) is 11.2. The lowest BCUT2D eigenvalue weighted by atomic mass is 10.2. The van der Waals surface area contributed by atoms with Crippen molar-refractivity contribution in [1.82, 2.24) is 0 Å². The molecule has 1 aromatic rings. The highest BCUT2D eigenvalue weighted by Gasteiger charge is 2.05. The zero-order valence-electron chi connectivity index (χ0n) is 9.40. The normalized spacial score (nSPS) is 15.7. The monoisotopic (exact) mass is 236 g/mol. The number of hydrogen-bond donors (Lipinski definition) is 1. The van der Waals surface area contributed by atoms with Gasteiger partial charge in [-0.05, 0) is 24.1 Å². The van der Waals surface area contributed by atoms with Gasteiger partial charge in [0.25, 0.3) is 0 Å². The number of aliphatic imine (C=N–C) groups is 1. The SMILES string of the molecule is COCc1cccc(NC2=NCCCS2)c1. The Labute approximate surface area is 100 Å². The van der Waals surface area contributed by atoms with Crippen LogP contribution in [0.25, 0.3) is 0 Å². The molecule has 86 valence electrons. The molecule has 4 heteroatoms. The summed E-state index contributed by atoms with van der Waals surface area (Å²) < 4.78 is 5.11. The molecule has 2 rings (SSSR count). The largest absolute Gasteiger partial charge is 0.380 e. The van der Waals surface area contributed by atoms with Crippen LogP contribution in [0.1, 0.15) is 12.0 Å². The molecule has 0 bridgehead atoms. The number of thioether (sulfide) groups is 1. The van der Waals surface area contributed by atoms with Crippen LogP contribution in [0.5, 0.6) is 0 Å². The molecule has 1 aliphatic rings. The molecule has 0 unspecified atom stereocenters.